The first kappa shape index (κ1) is 20.6. The maximum atomic E-state index is 13.9. The fourth-order valence-corrected chi connectivity index (χ4v) is 5.28. The van der Waals surface area contributed by atoms with E-state index in [4.69, 9.17) is 0 Å². The lowest BCUT2D eigenvalue weighted by Gasteiger charge is -2.38. The number of aromatic hydroxyl groups is 1. The summed E-state index contributed by atoms with van der Waals surface area (Å²) in [4.78, 5) is 40.0. The number of hydrogen-bond acceptors (Lipinski definition) is 4. The van der Waals surface area contributed by atoms with Gasteiger partial charge in [-0.25, -0.2) is 13.2 Å². The fraction of sp³-hybridized carbons (Fsp3) is 0.409. The zero-order valence-corrected chi connectivity index (χ0v) is 16.9. The van der Waals surface area contributed by atoms with Gasteiger partial charge in [-0.05, 0) is 31.1 Å². The Morgan fingerprint density at radius 2 is 1.84 bits per heavy atom. The van der Waals surface area contributed by atoms with Gasteiger partial charge in [0, 0.05) is 43.5 Å². The van der Waals surface area contributed by atoms with Gasteiger partial charge in [-0.3, -0.25) is 14.4 Å². The molecule has 4 bridgehead atoms. The first-order valence-electron chi connectivity index (χ1n) is 10.4. The Kier molecular flexibility index (Phi) is 4.75. The molecule has 168 valence electrons. The summed E-state index contributed by atoms with van der Waals surface area (Å²) < 4.78 is 42.3. The molecule has 32 heavy (non-hydrogen) atoms. The van der Waals surface area contributed by atoms with Gasteiger partial charge in [0.05, 0.1) is 6.04 Å². The lowest BCUT2D eigenvalue weighted by atomic mass is 9.95. The molecule has 7 nitrogen and oxygen atoms in total. The summed E-state index contributed by atoms with van der Waals surface area (Å²) in [5.74, 6) is -5.04. The summed E-state index contributed by atoms with van der Waals surface area (Å²) in [5.41, 5.74) is -2.17. The maximum absolute atomic E-state index is 13.9. The van der Waals surface area contributed by atoms with Crippen LogP contribution < -0.4 is 10.7 Å². The topological polar surface area (TPSA) is 91.6 Å². The van der Waals surface area contributed by atoms with Crippen LogP contribution in [-0.2, 0) is 6.54 Å². The van der Waals surface area contributed by atoms with Gasteiger partial charge in [0.2, 0.25) is 5.43 Å². The Labute approximate surface area is 180 Å². The molecule has 0 spiro atoms. The minimum absolute atomic E-state index is 0.133. The first-order chi connectivity index (χ1) is 15.2. The van der Waals surface area contributed by atoms with Crippen molar-refractivity contribution in [2.45, 2.75) is 31.8 Å². The van der Waals surface area contributed by atoms with E-state index in [9.17, 15) is 32.7 Å². The first-order valence-corrected chi connectivity index (χ1v) is 10.4. The Morgan fingerprint density at radius 3 is 2.56 bits per heavy atom. The SMILES string of the molecule is O=C(NCc1c(F)cc(F)cc1F)c1cn2c(c(O)c1=O)C(=O)N1C[C@H]3CC[C@H](C3)[C@@H]2C1. The van der Waals surface area contributed by atoms with Crippen LogP contribution >= 0.6 is 0 Å². The van der Waals surface area contributed by atoms with Crippen LogP contribution in [0.4, 0.5) is 13.2 Å². The summed E-state index contributed by atoms with van der Waals surface area (Å²) in [6.07, 6.45) is 4.12. The molecule has 1 saturated heterocycles. The van der Waals surface area contributed by atoms with Gasteiger partial charge in [0.25, 0.3) is 11.8 Å². The van der Waals surface area contributed by atoms with Gasteiger partial charge < -0.3 is 19.9 Å². The lowest BCUT2D eigenvalue weighted by Crippen LogP contribution is -2.47. The monoisotopic (exact) mass is 447 g/mol. The summed E-state index contributed by atoms with van der Waals surface area (Å²) in [7, 11) is 0. The van der Waals surface area contributed by atoms with E-state index in [0.29, 0.717) is 31.1 Å². The van der Waals surface area contributed by atoms with Gasteiger partial charge in [0.15, 0.2) is 11.4 Å². The van der Waals surface area contributed by atoms with Crippen molar-refractivity contribution in [1.82, 2.24) is 14.8 Å². The number of nitrogens with zero attached hydrogens (tertiary/aromatic N) is 2. The van der Waals surface area contributed by atoms with E-state index in [2.05, 4.69) is 5.32 Å². The fourth-order valence-electron chi connectivity index (χ4n) is 5.28. The minimum atomic E-state index is -1.17. The van der Waals surface area contributed by atoms with Crippen LogP contribution in [0.2, 0.25) is 0 Å². The standard InChI is InChI=1S/C22H20F3N3O4/c23-12-4-15(24)13(16(25)5-12)6-26-21(31)14-8-28-17-9-27(7-10-1-2-11(17)3-10)22(32)18(28)20(30)19(14)29/h4-5,8,10-11,17,30H,1-3,6-7,9H2,(H,26,31)/t10-,11+,17-/m0/s1. The molecule has 2 aliphatic heterocycles. The van der Waals surface area contributed by atoms with E-state index < -0.39 is 58.1 Å². The maximum Gasteiger partial charge on any atom is 0.274 e. The Morgan fingerprint density at radius 1 is 1.12 bits per heavy atom. The number of halogens is 3. The molecule has 0 radical (unpaired) electrons. The average molecular weight is 447 g/mol. The largest absolute Gasteiger partial charge is 0.503 e. The third-order valence-corrected chi connectivity index (χ3v) is 6.85. The van der Waals surface area contributed by atoms with Gasteiger partial charge in [0.1, 0.15) is 23.0 Å². The molecule has 1 aromatic carbocycles. The van der Waals surface area contributed by atoms with Crippen molar-refractivity contribution in [3.63, 3.8) is 0 Å². The number of carbonyl (C=O) groups excluding carboxylic acids is 2. The number of pyridine rings is 1. The van der Waals surface area contributed by atoms with Crippen LogP contribution in [0, 0.1) is 29.3 Å². The molecule has 1 aromatic heterocycles. The molecule has 5 rings (SSSR count). The third-order valence-electron chi connectivity index (χ3n) is 6.85. The zero-order chi connectivity index (χ0) is 22.7. The molecule has 10 heteroatoms. The quantitative estimate of drug-likeness (QED) is 0.756. The van der Waals surface area contributed by atoms with E-state index >= 15 is 0 Å². The normalized spacial score (nSPS) is 23.7. The molecular formula is C22H20F3N3O4. The van der Waals surface area contributed by atoms with E-state index in [-0.39, 0.29) is 17.7 Å². The van der Waals surface area contributed by atoms with Crippen molar-refractivity contribution in [3.8, 4) is 5.75 Å². The number of carbonyl (C=O) groups is 2. The second-order valence-electron chi connectivity index (χ2n) is 8.72. The van der Waals surface area contributed by atoms with Crippen molar-refractivity contribution < 1.29 is 27.9 Å². The van der Waals surface area contributed by atoms with E-state index in [1.165, 1.54) is 10.8 Å². The van der Waals surface area contributed by atoms with Crippen molar-refractivity contribution in [2.24, 2.45) is 11.8 Å². The molecule has 1 aliphatic carbocycles. The molecule has 2 aromatic rings. The van der Waals surface area contributed by atoms with E-state index in [0.717, 1.165) is 19.3 Å². The highest BCUT2D eigenvalue weighted by Gasteiger charge is 2.44. The molecule has 0 unspecified atom stereocenters. The van der Waals surface area contributed by atoms with Crippen LogP contribution in [-0.4, -0.2) is 39.5 Å². The molecule has 3 atom stereocenters. The molecular weight excluding hydrogens is 427 g/mol. The Balaban J connectivity index is 1.49. The second kappa shape index (κ2) is 7.39. The molecule has 2 amide bonds. The Bertz CT molecular complexity index is 1190. The van der Waals surface area contributed by atoms with Crippen LogP contribution in [0.5, 0.6) is 5.75 Å². The lowest BCUT2D eigenvalue weighted by molar-refractivity contribution is 0.0623. The summed E-state index contributed by atoms with van der Waals surface area (Å²) in [5, 5.41) is 12.8. The third kappa shape index (κ3) is 3.16. The average Bonchev–Trinajstić information content (AvgIpc) is 3.11. The number of nitrogens with one attached hydrogen (secondary N) is 1. The van der Waals surface area contributed by atoms with E-state index in [1.54, 1.807) is 4.90 Å². The van der Waals surface area contributed by atoms with Crippen LogP contribution in [0.1, 0.15) is 51.7 Å². The number of rotatable bonds is 3. The predicted molar refractivity (Wildman–Crippen MR) is 106 cm³/mol. The smallest absolute Gasteiger partial charge is 0.274 e. The van der Waals surface area contributed by atoms with Gasteiger partial charge in [-0.15, -0.1) is 0 Å². The highest BCUT2D eigenvalue weighted by Crippen LogP contribution is 2.45. The second-order valence-corrected chi connectivity index (χ2v) is 8.72. The Hall–Kier alpha value is -3.30. The highest BCUT2D eigenvalue weighted by atomic mass is 19.1. The number of amides is 2. The molecule has 1 saturated carbocycles. The molecule has 3 heterocycles. The van der Waals surface area contributed by atoms with Crippen LogP contribution in [0.25, 0.3) is 0 Å². The number of fused-ring (bicyclic) bond motifs is 7. The van der Waals surface area contributed by atoms with E-state index in [1.807, 2.05) is 0 Å². The van der Waals surface area contributed by atoms with Crippen molar-refractivity contribution in [2.75, 3.05) is 13.1 Å². The predicted octanol–water partition coefficient (Wildman–Crippen LogP) is 2.33. The van der Waals surface area contributed by atoms with Crippen molar-refractivity contribution in [1.29, 1.82) is 0 Å². The summed E-state index contributed by atoms with van der Waals surface area (Å²) >= 11 is 0. The van der Waals surface area contributed by atoms with Gasteiger partial charge in [-0.2, -0.15) is 0 Å². The van der Waals surface area contributed by atoms with Crippen LogP contribution in [0.3, 0.4) is 0 Å². The number of benzene rings is 1. The van der Waals surface area contributed by atoms with Gasteiger partial charge >= 0.3 is 0 Å². The molecule has 2 N–H and O–H groups in total. The zero-order valence-electron chi connectivity index (χ0n) is 16.9. The number of hydrogen-bond donors (Lipinski definition) is 2. The minimum Gasteiger partial charge on any atom is -0.503 e. The number of aromatic nitrogens is 1. The van der Waals surface area contributed by atoms with Crippen molar-refractivity contribution >= 4 is 11.8 Å². The molecule has 3 aliphatic rings. The molecule has 2 fully saturated rings. The highest BCUT2D eigenvalue weighted by molar-refractivity contribution is 5.99. The van der Waals surface area contributed by atoms with Crippen LogP contribution in [0.15, 0.2) is 23.1 Å². The van der Waals surface area contributed by atoms with Gasteiger partial charge in [-0.1, -0.05) is 0 Å². The summed E-state index contributed by atoms with van der Waals surface area (Å²) in [6.45, 7) is 0.387. The summed E-state index contributed by atoms with van der Waals surface area (Å²) in [6, 6.07) is 0.797. The van der Waals surface area contributed by atoms with Crippen molar-refractivity contribution in [3.05, 3.63) is 62.8 Å².